The molecule has 1 rings (SSSR count). The number of benzene rings is 1. The second kappa shape index (κ2) is 18.2. The number of carbonyl (C=O) groups excluding carboxylic acids is 4. The van der Waals surface area contributed by atoms with Crippen molar-refractivity contribution in [2.75, 3.05) is 26.9 Å². The molecular weight excluding hydrogens is 494 g/mol. The van der Waals surface area contributed by atoms with Gasteiger partial charge in [-0.1, -0.05) is 40.7 Å². The Labute approximate surface area is 225 Å². The number of esters is 3. The van der Waals surface area contributed by atoms with Crippen molar-refractivity contribution in [2.45, 2.75) is 79.2 Å². The molecule has 1 aromatic rings. The van der Waals surface area contributed by atoms with Crippen molar-refractivity contribution >= 4 is 24.1 Å². The molecule has 214 valence electrons. The number of nitrogens with one attached hydrogen (secondary N) is 1. The highest BCUT2D eigenvalue weighted by Crippen LogP contribution is 2.30. The van der Waals surface area contributed by atoms with Crippen LogP contribution in [-0.4, -0.2) is 57.0 Å². The molecule has 0 amide bonds. The van der Waals surface area contributed by atoms with E-state index < -0.39 is 30.1 Å². The zero-order chi connectivity index (χ0) is 28.5. The maximum absolute atomic E-state index is 12.5. The summed E-state index contributed by atoms with van der Waals surface area (Å²) in [5, 5.41) is 3.00. The average molecular weight is 538 g/mol. The van der Waals surface area contributed by atoms with E-state index in [9.17, 15) is 19.2 Å². The molecule has 0 radical (unpaired) electrons. The van der Waals surface area contributed by atoms with E-state index in [1.165, 1.54) is 7.11 Å². The smallest absolute Gasteiger partial charge is 0.468 e. The summed E-state index contributed by atoms with van der Waals surface area (Å²) in [7, 11) is 1.28. The van der Waals surface area contributed by atoms with E-state index >= 15 is 0 Å². The highest BCUT2D eigenvalue weighted by Gasteiger charge is 2.22. The van der Waals surface area contributed by atoms with Crippen LogP contribution in [0.4, 0.5) is 4.79 Å². The molecule has 0 bridgehead atoms. The zero-order valence-corrected chi connectivity index (χ0v) is 23.5. The fourth-order valence-electron chi connectivity index (χ4n) is 3.22. The minimum absolute atomic E-state index is 0.0000224. The van der Waals surface area contributed by atoms with Gasteiger partial charge in [0.05, 0.1) is 13.7 Å². The third kappa shape index (κ3) is 14.0. The zero-order valence-electron chi connectivity index (χ0n) is 23.5. The van der Waals surface area contributed by atoms with Gasteiger partial charge in [-0.3, -0.25) is 14.4 Å². The molecule has 0 aliphatic carbocycles. The Morgan fingerprint density at radius 2 is 1.42 bits per heavy atom. The summed E-state index contributed by atoms with van der Waals surface area (Å²) in [6.07, 6.45) is 1.88. The van der Waals surface area contributed by atoms with Gasteiger partial charge in [-0.15, -0.1) is 0 Å². The lowest BCUT2D eigenvalue weighted by Gasteiger charge is -2.18. The normalized spacial score (nSPS) is 11.7. The Hall–Kier alpha value is -3.14. The first-order valence-electron chi connectivity index (χ1n) is 13.2. The quantitative estimate of drug-likeness (QED) is 0.171. The lowest BCUT2D eigenvalue weighted by Crippen LogP contribution is -2.41. The predicted octanol–water partition coefficient (Wildman–Crippen LogP) is 4.61. The van der Waals surface area contributed by atoms with E-state index in [2.05, 4.69) is 5.32 Å². The largest absolute Gasteiger partial charge is 0.508 e. The van der Waals surface area contributed by atoms with E-state index in [1.807, 2.05) is 34.6 Å². The van der Waals surface area contributed by atoms with Crippen LogP contribution in [0.15, 0.2) is 18.2 Å². The third-order valence-electron chi connectivity index (χ3n) is 5.37. The number of hydrogen-bond acceptors (Lipinski definition) is 10. The maximum atomic E-state index is 12.5. The lowest BCUT2D eigenvalue weighted by molar-refractivity contribution is -0.143. The highest BCUT2D eigenvalue weighted by atomic mass is 16.7. The fourth-order valence-corrected chi connectivity index (χ4v) is 3.22. The van der Waals surface area contributed by atoms with Crippen molar-refractivity contribution in [3.8, 4) is 11.5 Å². The van der Waals surface area contributed by atoms with Gasteiger partial charge in [0.1, 0.15) is 12.6 Å². The molecule has 0 fully saturated rings. The van der Waals surface area contributed by atoms with Gasteiger partial charge in [-0.2, -0.15) is 0 Å². The van der Waals surface area contributed by atoms with Gasteiger partial charge in [0.15, 0.2) is 11.5 Å². The van der Waals surface area contributed by atoms with Crippen LogP contribution >= 0.6 is 0 Å². The van der Waals surface area contributed by atoms with Gasteiger partial charge < -0.3 is 29.0 Å². The van der Waals surface area contributed by atoms with Crippen molar-refractivity contribution < 1.29 is 42.9 Å². The molecule has 1 N–H and O–H groups in total. The number of ether oxygens (including phenoxy) is 5. The summed E-state index contributed by atoms with van der Waals surface area (Å²) in [6.45, 7) is 10.4. The standard InChI is InChI=1S/C28H43NO9/c1-7-15-35-28(33)36-16-14-29-22(27(32)34-6)17-21-10-11-23(37-25(30)12-8-19(2)3)24(18-21)38-26(31)13-9-20(4)5/h10-11,18-20,22,29H,7-9,12-17H2,1-6H3/t22-/m0/s1. The van der Waals surface area contributed by atoms with Gasteiger partial charge in [0, 0.05) is 19.4 Å². The Balaban J connectivity index is 2.96. The van der Waals surface area contributed by atoms with Crippen molar-refractivity contribution in [3.05, 3.63) is 23.8 Å². The predicted molar refractivity (Wildman–Crippen MR) is 141 cm³/mol. The van der Waals surface area contributed by atoms with Crippen molar-refractivity contribution in [1.82, 2.24) is 5.32 Å². The molecule has 0 saturated carbocycles. The molecule has 1 atom stereocenters. The molecule has 0 aromatic heterocycles. The fraction of sp³-hybridized carbons (Fsp3) is 0.643. The number of methoxy groups -OCH3 is 1. The third-order valence-corrected chi connectivity index (χ3v) is 5.37. The first kappa shape index (κ1) is 32.9. The van der Waals surface area contributed by atoms with Gasteiger partial charge in [-0.05, 0) is 55.2 Å². The molecule has 0 spiro atoms. The van der Waals surface area contributed by atoms with E-state index in [4.69, 9.17) is 23.7 Å². The van der Waals surface area contributed by atoms with Crippen LogP contribution in [0, 0.1) is 11.8 Å². The molecular formula is C28H43NO9. The van der Waals surface area contributed by atoms with Gasteiger partial charge in [-0.25, -0.2) is 4.79 Å². The van der Waals surface area contributed by atoms with Crippen molar-refractivity contribution in [3.63, 3.8) is 0 Å². The lowest BCUT2D eigenvalue weighted by atomic mass is 10.0. The van der Waals surface area contributed by atoms with Crippen LogP contribution in [0.1, 0.15) is 72.3 Å². The summed E-state index contributed by atoms with van der Waals surface area (Å²) in [6, 6.07) is 4.05. The first-order valence-corrected chi connectivity index (χ1v) is 13.2. The Morgan fingerprint density at radius 3 is 1.97 bits per heavy atom. The molecule has 0 aliphatic rings. The summed E-state index contributed by atoms with van der Waals surface area (Å²) in [4.78, 5) is 48.6. The van der Waals surface area contributed by atoms with Crippen LogP contribution in [0.3, 0.4) is 0 Å². The van der Waals surface area contributed by atoms with E-state index in [1.54, 1.807) is 18.2 Å². The van der Waals surface area contributed by atoms with E-state index in [0.29, 0.717) is 36.7 Å². The second-order valence-electron chi connectivity index (χ2n) is 9.78. The van der Waals surface area contributed by atoms with Crippen LogP contribution in [0.5, 0.6) is 11.5 Å². The Bertz CT molecular complexity index is 898. The van der Waals surface area contributed by atoms with Crippen LogP contribution < -0.4 is 14.8 Å². The Morgan fingerprint density at radius 1 is 0.842 bits per heavy atom. The summed E-state index contributed by atoms with van der Waals surface area (Å²) >= 11 is 0. The van der Waals surface area contributed by atoms with E-state index in [-0.39, 0.29) is 50.5 Å². The molecule has 0 saturated heterocycles. The minimum Gasteiger partial charge on any atom is -0.468 e. The van der Waals surface area contributed by atoms with Crippen LogP contribution in [0.2, 0.25) is 0 Å². The monoisotopic (exact) mass is 537 g/mol. The number of hydrogen-bond donors (Lipinski definition) is 1. The SMILES string of the molecule is CCCOC(=O)OCCN[C@@H](Cc1ccc(OC(=O)CCC(C)C)c(OC(=O)CCC(C)C)c1)C(=O)OC. The molecule has 10 heteroatoms. The van der Waals surface area contributed by atoms with Crippen molar-refractivity contribution in [2.24, 2.45) is 11.8 Å². The summed E-state index contributed by atoms with van der Waals surface area (Å²) in [5.74, 6) is -0.456. The Kier molecular flexibility index (Phi) is 15.7. The first-order chi connectivity index (χ1) is 18.0. The van der Waals surface area contributed by atoms with Gasteiger partial charge in [0.2, 0.25) is 0 Å². The maximum Gasteiger partial charge on any atom is 0.508 e. The second-order valence-corrected chi connectivity index (χ2v) is 9.78. The molecule has 10 nitrogen and oxygen atoms in total. The van der Waals surface area contributed by atoms with Crippen molar-refractivity contribution in [1.29, 1.82) is 0 Å². The molecule has 0 unspecified atom stereocenters. The molecule has 38 heavy (non-hydrogen) atoms. The topological polar surface area (TPSA) is 126 Å². The number of rotatable bonds is 17. The number of carbonyl (C=O) groups is 4. The van der Waals surface area contributed by atoms with Crippen LogP contribution in [0.25, 0.3) is 0 Å². The van der Waals surface area contributed by atoms with E-state index in [0.717, 1.165) is 0 Å². The van der Waals surface area contributed by atoms with Crippen LogP contribution in [-0.2, 0) is 35.0 Å². The molecule has 0 heterocycles. The average Bonchev–Trinajstić information content (AvgIpc) is 2.87. The molecule has 1 aromatic carbocycles. The summed E-state index contributed by atoms with van der Waals surface area (Å²) in [5.41, 5.74) is 0.643. The summed E-state index contributed by atoms with van der Waals surface area (Å²) < 4.78 is 25.8. The highest BCUT2D eigenvalue weighted by molar-refractivity contribution is 5.77. The minimum atomic E-state index is -0.772. The molecule has 0 aliphatic heterocycles. The van der Waals surface area contributed by atoms with Gasteiger partial charge >= 0.3 is 24.1 Å². The van der Waals surface area contributed by atoms with Gasteiger partial charge in [0.25, 0.3) is 0 Å².